The van der Waals surface area contributed by atoms with Gasteiger partial charge < -0.3 is 10.5 Å². The first kappa shape index (κ1) is 9.53. The molecule has 0 heterocycles. The summed E-state index contributed by atoms with van der Waals surface area (Å²) < 4.78 is 5.63. The number of hydrogen-bond acceptors (Lipinski definition) is 2. The fourth-order valence-electron chi connectivity index (χ4n) is 2.05. The van der Waals surface area contributed by atoms with Crippen LogP contribution in [0.4, 0.5) is 0 Å². The number of benzene rings is 1. The zero-order valence-electron chi connectivity index (χ0n) is 8.46. The average Bonchev–Trinajstić information content (AvgIpc) is 2.26. The summed E-state index contributed by atoms with van der Waals surface area (Å²) in [7, 11) is 0. The summed E-state index contributed by atoms with van der Waals surface area (Å²) in [6.07, 6.45) is 4.97. The van der Waals surface area contributed by atoms with Gasteiger partial charge in [0, 0.05) is 6.54 Å². The van der Waals surface area contributed by atoms with E-state index in [1.807, 2.05) is 0 Å². The quantitative estimate of drug-likeness (QED) is 0.792. The molecule has 2 nitrogen and oxygen atoms in total. The number of rotatable bonds is 3. The Hall–Kier alpha value is -1.02. The lowest BCUT2D eigenvalue weighted by Crippen LogP contribution is -2.13. The summed E-state index contributed by atoms with van der Waals surface area (Å²) in [4.78, 5) is 0. The zero-order chi connectivity index (χ0) is 9.80. The predicted octanol–water partition coefficient (Wildman–Crippen LogP) is 1.90. The van der Waals surface area contributed by atoms with Gasteiger partial charge >= 0.3 is 0 Å². The third-order valence-corrected chi connectivity index (χ3v) is 2.73. The molecule has 0 spiro atoms. The molecule has 2 rings (SSSR count). The van der Waals surface area contributed by atoms with Gasteiger partial charge in [-0.2, -0.15) is 0 Å². The van der Waals surface area contributed by atoms with Crippen LogP contribution in [-0.4, -0.2) is 13.2 Å². The fraction of sp³-hybridized carbons (Fsp3) is 0.500. The van der Waals surface area contributed by atoms with Gasteiger partial charge in [-0.25, -0.2) is 0 Å². The minimum Gasteiger partial charge on any atom is -0.492 e. The van der Waals surface area contributed by atoms with Gasteiger partial charge in [0.1, 0.15) is 12.4 Å². The molecule has 0 radical (unpaired) electrons. The highest BCUT2D eigenvalue weighted by Gasteiger charge is 2.13. The highest BCUT2D eigenvalue weighted by Crippen LogP contribution is 2.29. The van der Waals surface area contributed by atoms with Crippen molar-refractivity contribution in [3.63, 3.8) is 0 Å². The molecule has 0 bridgehead atoms. The monoisotopic (exact) mass is 191 g/mol. The molecule has 0 saturated heterocycles. The minimum absolute atomic E-state index is 0.587. The SMILES string of the molecule is NCCOc1cccc2c1CCCC2. The molecule has 1 aliphatic carbocycles. The van der Waals surface area contributed by atoms with Crippen LogP contribution in [0.25, 0.3) is 0 Å². The van der Waals surface area contributed by atoms with E-state index < -0.39 is 0 Å². The summed E-state index contributed by atoms with van der Waals surface area (Å²) in [5, 5.41) is 0. The van der Waals surface area contributed by atoms with Crippen LogP contribution < -0.4 is 10.5 Å². The lowest BCUT2D eigenvalue weighted by atomic mass is 9.91. The molecular formula is C12H17NO. The number of hydrogen-bond donors (Lipinski definition) is 1. The van der Waals surface area contributed by atoms with Crippen LogP contribution in [0.2, 0.25) is 0 Å². The Kier molecular flexibility index (Phi) is 3.04. The second-order valence-electron chi connectivity index (χ2n) is 3.74. The molecule has 76 valence electrons. The van der Waals surface area contributed by atoms with Crippen molar-refractivity contribution in [3.05, 3.63) is 29.3 Å². The van der Waals surface area contributed by atoms with E-state index in [4.69, 9.17) is 10.5 Å². The zero-order valence-corrected chi connectivity index (χ0v) is 8.46. The smallest absolute Gasteiger partial charge is 0.122 e. The van der Waals surface area contributed by atoms with E-state index in [0.717, 1.165) is 12.2 Å². The van der Waals surface area contributed by atoms with E-state index in [9.17, 15) is 0 Å². The lowest BCUT2D eigenvalue weighted by molar-refractivity contribution is 0.323. The van der Waals surface area contributed by atoms with E-state index >= 15 is 0 Å². The normalized spacial score (nSPS) is 14.9. The maximum Gasteiger partial charge on any atom is 0.122 e. The fourth-order valence-corrected chi connectivity index (χ4v) is 2.05. The molecule has 0 amide bonds. The van der Waals surface area contributed by atoms with E-state index in [1.54, 1.807) is 0 Å². The third-order valence-electron chi connectivity index (χ3n) is 2.73. The Morgan fingerprint density at radius 1 is 1.21 bits per heavy atom. The number of ether oxygens (including phenoxy) is 1. The molecular weight excluding hydrogens is 174 g/mol. The molecule has 0 aromatic heterocycles. The van der Waals surface area contributed by atoms with Crippen LogP contribution in [-0.2, 0) is 12.8 Å². The molecule has 1 aromatic carbocycles. The van der Waals surface area contributed by atoms with Gasteiger partial charge in [0.05, 0.1) is 0 Å². The highest BCUT2D eigenvalue weighted by molar-refractivity contribution is 5.41. The summed E-state index contributed by atoms with van der Waals surface area (Å²) in [5.74, 6) is 1.05. The topological polar surface area (TPSA) is 35.2 Å². The van der Waals surface area contributed by atoms with E-state index in [0.29, 0.717) is 13.2 Å². The molecule has 14 heavy (non-hydrogen) atoms. The van der Waals surface area contributed by atoms with Crippen LogP contribution in [0.15, 0.2) is 18.2 Å². The van der Waals surface area contributed by atoms with E-state index in [-0.39, 0.29) is 0 Å². The molecule has 0 aliphatic heterocycles. The molecule has 0 atom stereocenters. The van der Waals surface area contributed by atoms with Crippen LogP contribution in [0.1, 0.15) is 24.0 Å². The van der Waals surface area contributed by atoms with Crippen LogP contribution in [0.3, 0.4) is 0 Å². The summed E-state index contributed by atoms with van der Waals surface area (Å²) >= 11 is 0. The Labute approximate surface area is 85.1 Å². The number of nitrogens with two attached hydrogens (primary N) is 1. The molecule has 0 saturated carbocycles. The maximum absolute atomic E-state index is 5.63. The second-order valence-corrected chi connectivity index (χ2v) is 3.74. The van der Waals surface area contributed by atoms with Gasteiger partial charge in [0.15, 0.2) is 0 Å². The van der Waals surface area contributed by atoms with Gasteiger partial charge in [-0.15, -0.1) is 0 Å². The predicted molar refractivity (Wildman–Crippen MR) is 57.6 cm³/mol. The lowest BCUT2D eigenvalue weighted by Gasteiger charge is -2.19. The van der Waals surface area contributed by atoms with Crippen LogP contribution in [0.5, 0.6) is 5.75 Å². The Morgan fingerprint density at radius 2 is 2.07 bits per heavy atom. The summed E-state index contributed by atoms with van der Waals surface area (Å²) in [5.41, 5.74) is 8.30. The van der Waals surface area contributed by atoms with Crippen molar-refractivity contribution in [1.82, 2.24) is 0 Å². The second kappa shape index (κ2) is 4.47. The summed E-state index contributed by atoms with van der Waals surface area (Å²) in [6.45, 7) is 1.21. The molecule has 2 N–H and O–H groups in total. The molecule has 0 fully saturated rings. The van der Waals surface area contributed by atoms with Crippen molar-refractivity contribution in [2.24, 2.45) is 5.73 Å². The standard InChI is InChI=1S/C12H17NO/c13-8-9-14-12-7-3-5-10-4-1-2-6-11(10)12/h3,5,7H,1-2,4,6,8-9,13H2. The van der Waals surface area contributed by atoms with Crippen LogP contribution >= 0.6 is 0 Å². The van der Waals surface area contributed by atoms with E-state index in [2.05, 4.69) is 18.2 Å². The molecule has 2 heteroatoms. The first-order valence-electron chi connectivity index (χ1n) is 5.35. The van der Waals surface area contributed by atoms with E-state index in [1.165, 1.54) is 30.4 Å². The third kappa shape index (κ3) is 1.90. The first-order valence-corrected chi connectivity index (χ1v) is 5.35. The average molecular weight is 191 g/mol. The van der Waals surface area contributed by atoms with Crippen LogP contribution in [0, 0.1) is 0 Å². The van der Waals surface area contributed by atoms with Crippen molar-refractivity contribution in [3.8, 4) is 5.75 Å². The van der Waals surface area contributed by atoms with Gasteiger partial charge in [0.2, 0.25) is 0 Å². The Bertz CT molecular complexity index is 309. The minimum atomic E-state index is 0.587. The van der Waals surface area contributed by atoms with Gasteiger partial charge in [-0.05, 0) is 42.9 Å². The van der Waals surface area contributed by atoms with Crippen molar-refractivity contribution < 1.29 is 4.74 Å². The van der Waals surface area contributed by atoms with Crippen molar-refractivity contribution in [2.75, 3.05) is 13.2 Å². The summed E-state index contributed by atoms with van der Waals surface area (Å²) in [6, 6.07) is 6.35. The van der Waals surface area contributed by atoms with Crippen molar-refractivity contribution in [1.29, 1.82) is 0 Å². The van der Waals surface area contributed by atoms with Gasteiger partial charge in [-0.3, -0.25) is 0 Å². The number of fused-ring (bicyclic) bond motifs is 1. The molecule has 1 aliphatic rings. The Balaban J connectivity index is 2.21. The maximum atomic E-state index is 5.63. The molecule has 1 aromatic rings. The Morgan fingerprint density at radius 3 is 2.93 bits per heavy atom. The first-order chi connectivity index (χ1) is 6.92. The molecule has 0 unspecified atom stereocenters. The van der Waals surface area contributed by atoms with Crippen molar-refractivity contribution in [2.45, 2.75) is 25.7 Å². The number of aryl methyl sites for hydroxylation is 1. The van der Waals surface area contributed by atoms with Gasteiger partial charge in [-0.1, -0.05) is 12.1 Å². The van der Waals surface area contributed by atoms with Crippen molar-refractivity contribution >= 4 is 0 Å². The highest BCUT2D eigenvalue weighted by atomic mass is 16.5. The van der Waals surface area contributed by atoms with Gasteiger partial charge in [0.25, 0.3) is 0 Å². The largest absolute Gasteiger partial charge is 0.492 e.